The maximum Gasteiger partial charge on any atom is 0.234 e. The van der Waals surface area contributed by atoms with Crippen molar-refractivity contribution >= 4 is 11.6 Å². The van der Waals surface area contributed by atoms with Crippen LogP contribution in [-0.2, 0) is 11.2 Å². The van der Waals surface area contributed by atoms with E-state index in [1.807, 2.05) is 31.2 Å². The fourth-order valence-electron chi connectivity index (χ4n) is 3.05. The lowest BCUT2D eigenvalue weighted by Crippen LogP contribution is -2.38. The second-order valence-electron chi connectivity index (χ2n) is 5.86. The number of aryl methyl sites for hydroxylation is 1. The number of hydrogen-bond acceptors (Lipinski definition) is 2. The Labute approximate surface area is 135 Å². The number of nitrogens with zero attached hydrogens (tertiary/aromatic N) is 1. The van der Waals surface area contributed by atoms with Gasteiger partial charge in [0.2, 0.25) is 5.91 Å². The Kier molecular flexibility index (Phi) is 4.33. The molecule has 120 valence electrons. The number of hydrogen-bond donors (Lipinski definition) is 0. The molecule has 0 aliphatic carbocycles. The largest absolute Gasteiger partial charge is 0.497 e. The standard InChI is InChI=1S/C19H20FNO2/c1-13(14-6-9-17(23-2)10-7-14)19(22)21-11-3-4-15-5-8-16(20)12-18(15)21/h5-10,12-13H,3-4,11H2,1-2H3/t13-/m1/s1. The highest BCUT2D eigenvalue weighted by molar-refractivity contribution is 5.98. The van der Waals surface area contributed by atoms with Crippen LogP contribution in [0.25, 0.3) is 0 Å². The summed E-state index contributed by atoms with van der Waals surface area (Å²) in [6.45, 7) is 2.52. The first-order valence-electron chi connectivity index (χ1n) is 7.84. The van der Waals surface area contributed by atoms with Gasteiger partial charge in [0.15, 0.2) is 0 Å². The minimum Gasteiger partial charge on any atom is -0.497 e. The van der Waals surface area contributed by atoms with Crippen molar-refractivity contribution in [1.82, 2.24) is 0 Å². The first kappa shape index (κ1) is 15.5. The van der Waals surface area contributed by atoms with Crippen molar-refractivity contribution in [2.75, 3.05) is 18.6 Å². The quantitative estimate of drug-likeness (QED) is 0.859. The topological polar surface area (TPSA) is 29.5 Å². The molecule has 0 bridgehead atoms. The van der Waals surface area contributed by atoms with Crippen molar-refractivity contribution in [3.8, 4) is 5.75 Å². The third-order valence-electron chi connectivity index (χ3n) is 4.42. The molecule has 2 aromatic rings. The molecule has 0 N–H and O–H groups in total. The van der Waals surface area contributed by atoms with Crippen molar-refractivity contribution in [2.24, 2.45) is 0 Å². The van der Waals surface area contributed by atoms with E-state index in [0.717, 1.165) is 29.7 Å². The lowest BCUT2D eigenvalue weighted by Gasteiger charge is -2.31. The van der Waals surface area contributed by atoms with E-state index < -0.39 is 0 Å². The summed E-state index contributed by atoms with van der Waals surface area (Å²) in [7, 11) is 1.61. The Morgan fingerprint density at radius 2 is 1.96 bits per heavy atom. The third kappa shape index (κ3) is 3.07. The lowest BCUT2D eigenvalue weighted by molar-refractivity contribution is -0.119. The number of anilines is 1. The van der Waals surface area contributed by atoms with Gasteiger partial charge in [-0.1, -0.05) is 18.2 Å². The summed E-state index contributed by atoms with van der Waals surface area (Å²) in [6.07, 6.45) is 1.79. The van der Waals surface area contributed by atoms with Gasteiger partial charge in [-0.2, -0.15) is 0 Å². The second kappa shape index (κ2) is 6.41. The van der Waals surface area contributed by atoms with Crippen LogP contribution in [0.4, 0.5) is 10.1 Å². The highest BCUT2D eigenvalue weighted by Gasteiger charge is 2.27. The average molecular weight is 313 g/mol. The van der Waals surface area contributed by atoms with E-state index in [0.29, 0.717) is 12.2 Å². The van der Waals surface area contributed by atoms with Gasteiger partial charge in [0, 0.05) is 12.2 Å². The van der Waals surface area contributed by atoms with Gasteiger partial charge in [0.25, 0.3) is 0 Å². The molecule has 0 unspecified atom stereocenters. The minimum atomic E-state index is -0.305. The van der Waals surface area contributed by atoms with E-state index in [4.69, 9.17) is 4.74 Å². The van der Waals surface area contributed by atoms with Gasteiger partial charge in [0.05, 0.1) is 13.0 Å². The number of methoxy groups -OCH3 is 1. The smallest absolute Gasteiger partial charge is 0.234 e. The molecule has 0 radical (unpaired) electrons. The Morgan fingerprint density at radius 3 is 2.65 bits per heavy atom. The van der Waals surface area contributed by atoms with Crippen molar-refractivity contribution in [1.29, 1.82) is 0 Å². The summed E-state index contributed by atoms with van der Waals surface area (Å²) < 4.78 is 18.7. The summed E-state index contributed by atoms with van der Waals surface area (Å²) in [5.41, 5.74) is 2.67. The number of benzene rings is 2. The van der Waals surface area contributed by atoms with Crippen LogP contribution in [-0.4, -0.2) is 19.6 Å². The number of carbonyl (C=O) groups excluding carboxylic acids is 1. The van der Waals surface area contributed by atoms with E-state index in [2.05, 4.69) is 0 Å². The van der Waals surface area contributed by atoms with Gasteiger partial charge in [-0.15, -0.1) is 0 Å². The van der Waals surface area contributed by atoms with E-state index in [-0.39, 0.29) is 17.6 Å². The van der Waals surface area contributed by atoms with Crippen LogP contribution in [0.1, 0.15) is 30.4 Å². The fraction of sp³-hybridized carbons (Fsp3) is 0.316. The van der Waals surface area contributed by atoms with Crippen LogP contribution in [0.3, 0.4) is 0 Å². The molecule has 0 saturated heterocycles. The second-order valence-corrected chi connectivity index (χ2v) is 5.86. The summed E-state index contributed by atoms with van der Waals surface area (Å²) in [4.78, 5) is 14.6. The first-order valence-corrected chi connectivity index (χ1v) is 7.84. The molecule has 1 heterocycles. The maximum absolute atomic E-state index is 13.6. The fourth-order valence-corrected chi connectivity index (χ4v) is 3.05. The molecular formula is C19H20FNO2. The maximum atomic E-state index is 13.6. The van der Waals surface area contributed by atoms with Crippen LogP contribution >= 0.6 is 0 Å². The van der Waals surface area contributed by atoms with Crippen LogP contribution in [0.15, 0.2) is 42.5 Å². The normalized spacial score (nSPS) is 15.0. The molecule has 0 saturated carbocycles. The van der Waals surface area contributed by atoms with Crippen molar-refractivity contribution in [2.45, 2.75) is 25.7 Å². The molecule has 4 heteroatoms. The van der Waals surface area contributed by atoms with Crippen molar-refractivity contribution < 1.29 is 13.9 Å². The third-order valence-corrected chi connectivity index (χ3v) is 4.42. The number of amides is 1. The number of carbonyl (C=O) groups is 1. The number of halogens is 1. The number of fused-ring (bicyclic) bond motifs is 1. The Morgan fingerprint density at radius 1 is 1.22 bits per heavy atom. The molecule has 2 aromatic carbocycles. The van der Waals surface area contributed by atoms with Gasteiger partial charge < -0.3 is 9.64 Å². The Hall–Kier alpha value is -2.36. The molecular weight excluding hydrogens is 293 g/mol. The van der Waals surface area contributed by atoms with E-state index in [1.54, 1.807) is 18.1 Å². The molecule has 0 spiro atoms. The highest BCUT2D eigenvalue weighted by Crippen LogP contribution is 2.31. The Bertz CT molecular complexity index is 712. The van der Waals surface area contributed by atoms with Gasteiger partial charge in [-0.25, -0.2) is 4.39 Å². The molecule has 1 atom stereocenters. The van der Waals surface area contributed by atoms with Crippen LogP contribution in [0.5, 0.6) is 5.75 Å². The zero-order chi connectivity index (χ0) is 16.4. The molecule has 1 aliphatic rings. The molecule has 23 heavy (non-hydrogen) atoms. The highest BCUT2D eigenvalue weighted by atomic mass is 19.1. The lowest BCUT2D eigenvalue weighted by atomic mass is 9.96. The van der Waals surface area contributed by atoms with E-state index in [1.165, 1.54) is 12.1 Å². The zero-order valence-corrected chi connectivity index (χ0v) is 13.4. The van der Waals surface area contributed by atoms with Crippen LogP contribution in [0.2, 0.25) is 0 Å². The molecule has 0 aromatic heterocycles. The predicted molar refractivity (Wildman–Crippen MR) is 88.5 cm³/mol. The summed E-state index contributed by atoms with van der Waals surface area (Å²) in [5.74, 6) is 0.177. The first-order chi connectivity index (χ1) is 11.1. The summed E-state index contributed by atoms with van der Waals surface area (Å²) >= 11 is 0. The van der Waals surface area contributed by atoms with E-state index in [9.17, 15) is 9.18 Å². The molecule has 0 fully saturated rings. The monoisotopic (exact) mass is 313 g/mol. The summed E-state index contributed by atoms with van der Waals surface area (Å²) in [6, 6.07) is 12.2. The predicted octanol–water partition coefficient (Wildman–Crippen LogP) is 3.92. The SMILES string of the molecule is COc1ccc([C@@H](C)C(=O)N2CCCc3ccc(F)cc32)cc1. The zero-order valence-electron chi connectivity index (χ0n) is 13.4. The van der Waals surface area contributed by atoms with E-state index >= 15 is 0 Å². The van der Waals surface area contributed by atoms with Crippen LogP contribution < -0.4 is 9.64 Å². The number of ether oxygens (including phenoxy) is 1. The van der Waals surface area contributed by atoms with Crippen LogP contribution in [0, 0.1) is 5.82 Å². The average Bonchev–Trinajstić information content (AvgIpc) is 2.60. The number of rotatable bonds is 3. The van der Waals surface area contributed by atoms with Gasteiger partial charge in [-0.05, 0) is 55.2 Å². The molecule has 1 amide bonds. The van der Waals surface area contributed by atoms with Crippen molar-refractivity contribution in [3.05, 3.63) is 59.4 Å². The minimum absolute atomic E-state index is 0.00159. The van der Waals surface area contributed by atoms with Gasteiger partial charge in [0.1, 0.15) is 11.6 Å². The molecule has 3 rings (SSSR count). The Balaban J connectivity index is 1.87. The molecule has 3 nitrogen and oxygen atoms in total. The van der Waals surface area contributed by atoms with Crippen molar-refractivity contribution in [3.63, 3.8) is 0 Å². The van der Waals surface area contributed by atoms with Gasteiger partial charge >= 0.3 is 0 Å². The molecule has 1 aliphatic heterocycles. The van der Waals surface area contributed by atoms with Gasteiger partial charge in [-0.3, -0.25) is 4.79 Å². The summed E-state index contributed by atoms with van der Waals surface area (Å²) in [5, 5.41) is 0.